The number of pyridine rings is 1. The molecule has 0 atom stereocenters. The Hall–Kier alpha value is -1.62. The Balaban J connectivity index is 1.79. The number of ether oxygens (including phenoxy) is 1. The highest BCUT2D eigenvalue weighted by molar-refractivity contribution is 5.77. The fourth-order valence-electron chi connectivity index (χ4n) is 2.48. The van der Waals surface area contributed by atoms with Crippen LogP contribution in [0.25, 0.3) is 0 Å². The molecule has 0 unspecified atom stereocenters. The minimum Gasteiger partial charge on any atom is -0.481 e. The summed E-state index contributed by atoms with van der Waals surface area (Å²) in [4.78, 5) is 16.0. The highest BCUT2D eigenvalue weighted by Crippen LogP contribution is 2.29. The number of aromatic nitrogens is 1. The molecule has 0 bridgehead atoms. The monoisotopic (exact) mass is 263 g/mol. The summed E-state index contributed by atoms with van der Waals surface area (Å²) in [6.07, 6.45) is 6.27. The van der Waals surface area contributed by atoms with E-state index in [9.17, 15) is 4.79 Å². The molecule has 1 amide bonds. The molecule has 1 aromatic heterocycles. The number of carbonyl (C=O) groups is 1. The second-order valence-corrected chi connectivity index (χ2v) is 5.23. The molecule has 0 aromatic carbocycles. The van der Waals surface area contributed by atoms with Crippen LogP contribution in [0.3, 0.4) is 0 Å². The van der Waals surface area contributed by atoms with Crippen LogP contribution in [0.4, 0.5) is 0 Å². The van der Waals surface area contributed by atoms with Gasteiger partial charge in [0.25, 0.3) is 0 Å². The Kier molecular flexibility index (Phi) is 4.37. The predicted octanol–water partition coefficient (Wildman–Crippen LogP) is 1.37. The highest BCUT2D eigenvalue weighted by Gasteiger charge is 2.31. The number of hydrogen-bond donors (Lipinski definition) is 2. The first-order valence-corrected chi connectivity index (χ1v) is 6.66. The molecular weight excluding hydrogens is 242 g/mol. The van der Waals surface area contributed by atoms with Gasteiger partial charge in [0.1, 0.15) is 0 Å². The average molecular weight is 263 g/mol. The summed E-state index contributed by atoms with van der Waals surface area (Å²) < 4.78 is 4.98. The molecule has 0 saturated heterocycles. The van der Waals surface area contributed by atoms with E-state index in [1.807, 2.05) is 6.07 Å². The van der Waals surface area contributed by atoms with Crippen LogP contribution in [-0.2, 0) is 11.3 Å². The zero-order chi connectivity index (χ0) is 13.7. The normalized spacial score (nSPS) is 17.2. The molecular formula is C14H21N3O2. The number of carbonyl (C=O) groups excluding carboxylic acids is 1. The molecule has 5 heteroatoms. The molecule has 1 aromatic rings. The van der Waals surface area contributed by atoms with Gasteiger partial charge >= 0.3 is 0 Å². The number of amides is 1. The van der Waals surface area contributed by atoms with Crippen LogP contribution in [0.1, 0.15) is 37.7 Å². The third kappa shape index (κ3) is 3.92. The zero-order valence-electron chi connectivity index (χ0n) is 11.3. The fraction of sp³-hybridized carbons (Fsp3) is 0.571. The molecule has 5 nitrogen and oxygen atoms in total. The van der Waals surface area contributed by atoms with E-state index in [2.05, 4.69) is 10.3 Å². The van der Waals surface area contributed by atoms with Gasteiger partial charge in [0.05, 0.1) is 7.11 Å². The fourth-order valence-corrected chi connectivity index (χ4v) is 2.48. The second-order valence-electron chi connectivity index (χ2n) is 5.23. The SMILES string of the molecule is COc1ccc(CNC(=O)CC2(N)CCCC2)cn1. The lowest BCUT2D eigenvalue weighted by atomic mass is 9.94. The largest absolute Gasteiger partial charge is 0.481 e. The highest BCUT2D eigenvalue weighted by atomic mass is 16.5. The molecule has 1 saturated carbocycles. The van der Waals surface area contributed by atoms with Crippen molar-refractivity contribution in [1.29, 1.82) is 0 Å². The van der Waals surface area contributed by atoms with Crippen LogP contribution in [0.5, 0.6) is 5.88 Å². The third-order valence-corrected chi connectivity index (χ3v) is 3.61. The van der Waals surface area contributed by atoms with Crippen molar-refractivity contribution in [3.05, 3.63) is 23.9 Å². The lowest BCUT2D eigenvalue weighted by Crippen LogP contribution is -2.42. The molecule has 3 N–H and O–H groups in total. The molecule has 1 aliphatic rings. The standard InChI is InChI=1S/C14H21N3O2/c1-19-13-5-4-11(10-17-13)9-16-12(18)8-14(15)6-2-3-7-14/h4-5,10H,2-3,6-9,15H2,1H3,(H,16,18). The van der Waals surface area contributed by atoms with Gasteiger partial charge in [0.15, 0.2) is 0 Å². The van der Waals surface area contributed by atoms with Gasteiger partial charge in [0, 0.05) is 30.8 Å². The first kappa shape index (κ1) is 13.8. The Labute approximate surface area is 113 Å². The van der Waals surface area contributed by atoms with Gasteiger partial charge in [0.2, 0.25) is 11.8 Å². The molecule has 2 rings (SSSR count). The Morgan fingerprint density at radius 1 is 1.47 bits per heavy atom. The molecule has 0 spiro atoms. The number of nitrogens with zero attached hydrogens (tertiary/aromatic N) is 1. The minimum atomic E-state index is -0.289. The number of hydrogen-bond acceptors (Lipinski definition) is 4. The lowest BCUT2D eigenvalue weighted by molar-refractivity contribution is -0.122. The summed E-state index contributed by atoms with van der Waals surface area (Å²) in [7, 11) is 1.58. The summed E-state index contributed by atoms with van der Waals surface area (Å²) in [5.74, 6) is 0.585. The summed E-state index contributed by atoms with van der Waals surface area (Å²) in [5, 5.41) is 2.89. The molecule has 0 radical (unpaired) electrons. The van der Waals surface area contributed by atoms with Crippen LogP contribution >= 0.6 is 0 Å². The van der Waals surface area contributed by atoms with E-state index in [4.69, 9.17) is 10.5 Å². The van der Waals surface area contributed by atoms with Crippen molar-refractivity contribution in [3.8, 4) is 5.88 Å². The maximum atomic E-state index is 11.9. The van der Waals surface area contributed by atoms with Gasteiger partial charge in [-0.05, 0) is 18.4 Å². The van der Waals surface area contributed by atoms with Crippen molar-refractivity contribution >= 4 is 5.91 Å². The summed E-state index contributed by atoms with van der Waals surface area (Å²) >= 11 is 0. The van der Waals surface area contributed by atoms with Crippen molar-refractivity contribution in [2.75, 3.05) is 7.11 Å². The number of nitrogens with one attached hydrogen (secondary N) is 1. The number of methoxy groups -OCH3 is 1. The smallest absolute Gasteiger partial charge is 0.222 e. The summed E-state index contributed by atoms with van der Waals surface area (Å²) in [5.41, 5.74) is 6.84. The van der Waals surface area contributed by atoms with Crippen LogP contribution < -0.4 is 15.8 Å². The molecule has 104 valence electrons. The van der Waals surface area contributed by atoms with E-state index in [1.165, 1.54) is 0 Å². The maximum absolute atomic E-state index is 11.9. The van der Waals surface area contributed by atoms with Gasteiger partial charge in [-0.2, -0.15) is 0 Å². The van der Waals surface area contributed by atoms with E-state index < -0.39 is 0 Å². The van der Waals surface area contributed by atoms with Crippen molar-refractivity contribution in [3.63, 3.8) is 0 Å². The third-order valence-electron chi connectivity index (χ3n) is 3.61. The molecule has 19 heavy (non-hydrogen) atoms. The molecule has 1 heterocycles. The number of nitrogens with two attached hydrogens (primary N) is 1. The topological polar surface area (TPSA) is 77.2 Å². The Morgan fingerprint density at radius 2 is 2.21 bits per heavy atom. The van der Waals surface area contributed by atoms with Gasteiger partial charge < -0.3 is 15.8 Å². The van der Waals surface area contributed by atoms with Gasteiger partial charge in [-0.25, -0.2) is 4.98 Å². The molecule has 0 aliphatic heterocycles. The average Bonchev–Trinajstić information content (AvgIpc) is 2.83. The predicted molar refractivity (Wildman–Crippen MR) is 72.6 cm³/mol. The van der Waals surface area contributed by atoms with E-state index in [0.29, 0.717) is 18.8 Å². The summed E-state index contributed by atoms with van der Waals surface area (Å²) in [6.45, 7) is 0.478. The van der Waals surface area contributed by atoms with E-state index in [-0.39, 0.29) is 11.4 Å². The van der Waals surface area contributed by atoms with Crippen LogP contribution in [0.2, 0.25) is 0 Å². The second kappa shape index (κ2) is 6.02. The zero-order valence-corrected chi connectivity index (χ0v) is 11.3. The first-order chi connectivity index (χ1) is 9.11. The van der Waals surface area contributed by atoms with Crippen LogP contribution in [-0.4, -0.2) is 23.5 Å². The molecule has 1 fully saturated rings. The quantitative estimate of drug-likeness (QED) is 0.841. The van der Waals surface area contributed by atoms with Crippen molar-refractivity contribution in [2.24, 2.45) is 5.73 Å². The first-order valence-electron chi connectivity index (χ1n) is 6.66. The minimum absolute atomic E-state index is 0.0141. The van der Waals surface area contributed by atoms with Gasteiger partial charge in [-0.15, -0.1) is 0 Å². The van der Waals surface area contributed by atoms with Gasteiger partial charge in [-0.3, -0.25) is 4.79 Å². The Morgan fingerprint density at radius 3 is 2.79 bits per heavy atom. The maximum Gasteiger partial charge on any atom is 0.222 e. The molecule has 1 aliphatic carbocycles. The van der Waals surface area contributed by atoms with E-state index in [1.54, 1.807) is 19.4 Å². The van der Waals surface area contributed by atoms with Gasteiger partial charge in [-0.1, -0.05) is 18.9 Å². The van der Waals surface area contributed by atoms with Crippen molar-refractivity contribution < 1.29 is 9.53 Å². The van der Waals surface area contributed by atoms with E-state index >= 15 is 0 Å². The summed E-state index contributed by atoms with van der Waals surface area (Å²) in [6, 6.07) is 3.67. The lowest BCUT2D eigenvalue weighted by Gasteiger charge is -2.22. The van der Waals surface area contributed by atoms with Crippen LogP contribution in [0, 0.1) is 0 Å². The number of rotatable bonds is 5. The van der Waals surface area contributed by atoms with Crippen LogP contribution in [0.15, 0.2) is 18.3 Å². The van der Waals surface area contributed by atoms with E-state index in [0.717, 1.165) is 31.2 Å². The van der Waals surface area contributed by atoms with Crippen molar-refractivity contribution in [2.45, 2.75) is 44.2 Å². The Bertz CT molecular complexity index is 425. The van der Waals surface area contributed by atoms with Crippen molar-refractivity contribution in [1.82, 2.24) is 10.3 Å².